The molecule has 0 aromatic carbocycles. The van der Waals surface area contributed by atoms with Crippen molar-refractivity contribution in [1.29, 1.82) is 0 Å². The first-order valence-corrected chi connectivity index (χ1v) is 5.86. The lowest BCUT2D eigenvalue weighted by atomic mass is 10.4. The van der Waals surface area contributed by atoms with Crippen molar-refractivity contribution < 1.29 is 14.6 Å². The molecule has 0 unspecified atom stereocenters. The van der Waals surface area contributed by atoms with Gasteiger partial charge in [0.15, 0.2) is 5.76 Å². The molecular formula is C9H9NO3S2. The van der Waals surface area contributed by atoms with Gasteiger partial charge in [-0.2, -0.15) is 0 Å². The Labute approximate surface area is 95.3 Å². The SMILES string of the molecule is CC(=O)OC1=C(O)c2sccc2SN1C. The van der Waals surface area contributed by atoms with E-state index in [-0.39, 0.29) is 11.6 Å². The molecule has 0 saturated heterocycles. The third kappa shape index (κ3) is 1.82. The minimum Gasteiger partial charge on any atom is -0.502 e. The van der Waals surface area contributed by atoms with Crippen LogP contribution in [0.2, 0.25) is 0 Å². The highest BCUT2D eigenvalue weighted by Crippen LogP contribution is 2.41. The van der Waals surface area contributed by atoms with Crippen LogP contribution in [0, 0.1) is 0 Å². The van der Waals surface area contributed by atoms with Crippen molar-refractivity contribution >= 4 is 35.0 Å². The molecule has 80 valence electrons. The van der Waals surface area contributed by atoms with Gasteiger partial charge >= 0.3 is 5.97 Å². The van der Waals surface area contributed by atoms with E-state index in [4.69, 9.17) is 4.74 Å². The molecular weight excluding hydrogens is 234 g/mol. The van der Waals surface area contributed by atoms with Crippen molar-refractivity contribution in [1.82, 2.24) is 4.31 Å². The molecule has 1 N–H and O–H groups in total. The number of thiophene rings is 1. The molecule has 0 atom stereocenters. The van der Waals surface area contributed by atoms with E-state index in [2.05, 4.69) is 0 Å². The number of hydrogen-bond acceptors (Lipinski definition) is 6. The Morgan fingerprint density at radius 2 is 2.33 bits per heavy atom. The molecule has 1 aliphatic heterocycles. The fourth-order valence-corrected chi connectivity index (χ4v) is 3.10. The number of ether oxygens (including phenoxy) is 1. The van der Waals surface area contributed by atoms with E-state index in [9.17, 15) is 9.90 Å². The first-order valence-electron chi connectivity index (χ1n) is 4.21. The fraction of sp³-hybridized carbons (Fsp3) is 0.222. The molecule has 1 aromatic heterocycles. The van der Waals surface area contributed by atoms with Crippen LogP contribution in [0.4, 0.5) is 0 Å². The summed E-state index contributed by atoms with van der Waals surface area (Å²) >= 11 is 2.84. The van der Waals surface area contributed by atoms with E-state index in [1.807, 2.05) is 11.4 Å². The third-order valence-corrected chi connectivity index (χ3v) is 3.84. The Kier molecular flexibility index (Phi) is 2.62. The number of carbonyl (C=O) groups is 1. The maximum absolute atomic E-state index is 10.9. The predicted molar refractivity (Wildman–Crippen MR) is 59.3 cm³/mol. The molecule has 0 bridgehead atoms. The van der Waals surface area contributed by atoms with E-state index in [1.54, 1.807) is 11.4 Å². The van der Waals surface area contributed by atoms with Gasteiger partial charge in [-0.25, -0.2) is 0 Å². The van der Waals surface area contributed by atoms with Crippen LogP contribution in [-0.2, 0) is 9.53 Å². The molecule has 1 aromatic rings. The molecule has 2 rings (SSSR count). The second kappa shape index (κ2) is 3.79. The lowest BCUT2D eigenvalue weighted by Crippen LogP contribution is -2.19. The normalized spacial score (nSPS) is 15.2. The molecule has 1 aliphatic rings. The van der Waals surface area contributed by atoms with Crippen molar-refractivity contribution in [2.24, 2.45) is 0 Å². The van der Waals surface area contributed by atoms with Gasteiger partial charge in [0.05, 0.1) is 9.77 Å². The second-order valence-electron chi connectivity index (χ2n) is 2.95. The summed E-state index contributed by atoms with van der Waals surface area (Å²) < 4.78 is 6.58. The largest absolute Gasteiger partial charge is 0.502 e. The van der Waals surface area contributed by atoms with Gasteiger partial charge in [0.1, 0.15) is 0 Å². The highest BCUT2D eigenvalue weighted by molar-refractivity contribution is 7.97. The number of fused-ring (bicyclic) bond motifs is 1. The van der Waals surface area contributed by atoms with Gasteiger partial charge in [-0.1, -0.05) is 0 Å². The van der Waals surface area contributed by atoms with Crippen molar-refractivity contribution in [3.8, 4) is 0 Å². The van der Waals surface area contributed by atoms with Crippen LogP contribution >= 0.6 is 23.3 Å². The van der Waals surface area contributed by atoms with Gasteiger partial charge in [-0.15, -0.1) is 11.3 Å². The summed E-state index contributed by atoms with van der Waals surface area (Å²) in [5.41, 5.74) is 0. The number of aliphatic hydroxyl groups is 1. The summed E-state index contributed by atoms with van der Waals surface area (Å²) in [4.78, 5) is 12.6. The number of hydrogen-bond donors (Lipinski definition) is 1. The van der Waals surface area contributed by atoms with E-state index < -0.39 is 5.97 Å². The average Bonchev–Trinajstić information content (AvgIpc) is 2.59. The minimum atomic E-state index is -0.441. The molecule has 6 heteroatoms. The van der Waals surface area contributed by atoms with Crippen molar-refractivity contribution in [2.45, 2.75) is 11.8 Å². The van der Waals surface area contributed by atoms with Crippen LogP contribution in [0.5, 0.6) is 0 Å². The quantitative estimate of drug-likeness (QED) is 0.606. The zero-order valence-corrected chi connectivity index (χ0v) is 9.82. The summed E-state index contributed by atoms with van der Waals surface area (Å²) in [6, 6.07) is 1.92. The summed E-state index contributed by atoms with van der Waals surface area (Å²) in [5, 5.41) is 11.8. The highest BCUT2D eigenvalue weighted by Gasteiger charge is 2.26. The Bertz CT molecular complexity index is 438. The number of carbonyl (C=O) groups excluding carboxylic acids is 1. The van der Waals surface area contributed by atoms with Crippen molar-refractivity contribution in [3.05, 3.63) is 22.2 Å². The van der Waals surface area contributed by atoms with E-state index in [0.717, 1.165) is 9.77 Å². The summed E-state index contributed by atoms with van der Waals surface area (Å²) in [6.45, 7) is 1.31. The molecule has 0 radical (unpaired) electrons. The Balaban J connectivity index is 2.43. The Morgan fingerprint density at radius 1 is 1.60 bits per heavy atom. The van der Waals surface area contributed by atoms with Crippen molar-refractivity contribution in [2.75, 3.05) is 7.05 Å². The summed E-state index contributed by atoms with van der Waals surface area (Å²) in [5.74, 6) is -0.220. The maximum atomic E-state index is 10.9. The molecule has 0 spiro atoms. The molecule has 0 fully saturated rings. The van der Waals surface area contributed by atoms with Gasteiger partial charge in [0.25, 0.3) is 5.88 Å². The van der Waals surface area contributed by atoms with Gasteiger partial charge in [0, 0.05) is 14.0 Å². The number of aliphatic hydroxyl groups excluding tert-OH is 1. The molecule has 0 amide bonds. The summed E-state index contributed by atoms with van der Waals surface area (Å²) in [6.07, 6.45) is 0. The van der Waals surface area contributed by atoms with Gasteiger partial charge in [0.2, 0.25) is 0 Å². The first kappa shape index (κ1) is 10.4. The van der Waals surface area contributed by atoms with E-state index in [0.29, 0.717) is 0 Å². The van der Waals surface area contributed by atoms with Gasteiger partial charge < -0.3 is 9.84 Å². The molecule has 2 heterocycles. The lowest BCUT2D eigenvalue weighted by molar-refractivity contribution is -0.138. The van der Waals surface area contributed by atoms with Crippen LogP contribution in [0.1, 0.15) is 11.8 Å². The smallest absolute Gasteiger partial charge is 0.309 e. The molecule has 4 nitrogen and oxygen atoms in total. The number of rotatable bonds is 1. The standard InChI is InChI=1S/C9H9NO3S2/c1-5(11)13-9-7(12)8-6(3-4-14-8)15-10(9)2/h3-4,12H,1-2H3. The monoisotopic (exact) mass is 243 g/mol. The molecule has 0 saturated carbocycles. The van der Waals surface area contributed by atoms with Crippen LogP contribution in [0.25, 0.3) is 5.76 Å². The number of esters is 1. The molecule has 0 aliphatic carbocycles. The summed E-state index contributed by atoms with van der Waals surface area (Å²) in [7, 11) is 1.74. The maximum Gasteiger partial charge on any atom is 0.309 e. The molecule has 15 heavy (non-hydrogen) atoms. The van der Waals surface area contributed by atoms with Crippen molar-refractivity contribution in [3.63, 3.8) is 0 Å². The second-order valence-corrected chi connectivity index (χ2v) is 5.04. The number of nitrogens with zero attached hydrogens (tertiary/aromatic N) is 1. The zero-order chi connectivity index (χ0) is 11.0. The highest BCUT2D eigenvalue weighted by atomic mass is 32.2. The minimum absolute atomic E-state index is 0.0245. The van der Waals surface area contributed by atoms with Gasteiger partial charge in [-0.3, -0.25) is 9.10 Å². The van der Waals surface area contributed by atoms with E-state index >= 15 is 0 Å². The zero-order valence-electron chi connectivity index (χ0n) is 8.18. The average molecular weight is 243 g/mol. The lowest BCUT2D eigenvalue weighted by Gasteiger charge is -2.24. The predicted octanol–water partition coefficient (Wildman–Crippen LogP) is 2.45. The Morgan fingerprint density at radius 3 is 3.00 bits per heavy atom. The third-order valence-electron chi connectivity index (χ3n) is 1.81. The van der Waals surface area contributed by atoms with E-state index in [1.165, 1.54) is 30.2 Å². The fourth-order valence-electron chi connectivity index (χ4n) is 1.23. The Hall–Kier alpha value is -1.14. The van der Waals surface area contributed by atoms with Gasteiger partial charge in [-0.05, 0) is 23.4 Å². The van der Waals surface area contributed by atoms with Crippen LogP contribution in [-0.4, -0.2) is 22.4 Å². The van der Waals surface area contributed by atoms with Crippen LogP contribution in [0.15, 0.2) is 22.2 Å². The van der Waals surface area contributed by atoms with Crippen LogP contribution in [0.3, 0.4) is 0 Å². The topological polar surface area (TPSA) is 49.8 Å². The first-order chi connectivity index (χ1) is 7.09. The van der Waals surface area contributed by atoms with Crippen LogP contribution < -0.4 is 0 Å².